The Morgan fingerprint density at radius 1 is 0.794 bits per heavy atom. The number of hydrogen-bond acceptors (Lipinski definition) is 4. The molecule has 1 heterocycles. The molecule has 0 bridgehead atoms. The van der Waals surface area contributed by atoms with E-state index in [0.717, 1.165) is 36.3 Å². The number of benzene rings is 3. The van der Waals surface area contributed by atoms with Crippen molar-refractivity contribution in [1.29, 1.82) is 0 Å². The second kappa shape index (κ2) is 10.9. The van der Waals surface area contributed by atoms with E-state index >= 15 is 0 Å². The first kappa shape index (κ1) is 24.1. The molecule has 1 fully saturated rings. The Hall–Kier alpha value is -3.07. The molecule has 3 aromatic rings. The van der Waals surface area contributed by atoms with Crippen LogP contribution >= 0.6 is 0 Å². The van der Waals surface area contributed by atoms with Gasteiger partial charge in [0.25, 0.3) is 5.91 Å². The molecule has 0 radical (unpaired) electrons. The van der Waals surface area contributed by atoms with Crippen LogP contribution in [0.15, 0.2) is 77.7 Å². The van der Waals surface area contributed by atoms with Crippen molar-refractivity contribution in [3.8, 4) is 0 Å². The molecule has 1 aliphatic rings. The van der Waals surface area contributed by atoms with Crippen molar-refractivity contribution in [2.75, 3.05) is 13.1 Å². The molecule has 0 spiro atoms. The van der Waals surface area contributed by atoms with E-state index in [1.54, 1.807) is 12.1 Å². The summed E-state index contributed by atoms with van der Waals surface area (Å²) in [6.07, 6.45) is 2.45. The van der Waals surface area contributed by atoms with Gasteiger partial charge < -0.3 is 5.32 Å². The molecule has 0 saturated carbocycles. The third kappa shape index (κ3) is 6.50. The number of sulfonamides is 1. The van der Waals surface area contributed by atoms with Crippen LogP contribution in [-0.4, -0.2) is 32.3 Å². The smallest absolute Gasteiger partial charge is 0.251 e. The molecule has 0 unspecified atom stereocenters. The summed E-state index contributed by atoms with van der Waals surface area (Å²) in [4.78, 5) is 14.8. The number of nitrogens with one attached hydrogen (secondary N) is 2. The minimum atomic E-state index is -3.62. The number of hydrogen-bond donors (Lipinski definition) is 2. The number of likely N-dealkylation sites (tertiary alicyclic amines) is 1. The molecule has 0 aromatic heterocycles. The minimum absolute atomic E-state index is 0.167. The maximum absolute atomic E-state index is 13.0. The third-order valence-corrected chi connectivity index (χ3v) is 7.30. The van der Waals surface area contributed by atoms with Gasteiger partial charge in [0, 0.05) is 25.2 Å². The number of nitrogens with zero attached hydrogens (tertiary/aromatic N) is 1. The Balaban J connectivity index is 1.27. The standard InChI is InChI=1S/C26H28FN3O3S/c27-24-11-9-23(10-12-24)26(31)28-17-20-3-5-21(6-4-20)18-29-34(32,33)25-13-7-22(8-14-25)19-30-15-1-2-16-30/h3-14,29H,1-2,15-19H2,(H,28,31). The van der Waals surface area contributed by atoms with E-state index in [4.69, 9.17) is 0 Å². The van der Waals surface area contributed by atoms with Gasteiger partial charge in [-0.15, -0.1) is 0 Å². The fourth-order valence-electron chi connectivity index (χ4n) is 3.90. The minimum Gasteiger partial charge on any atom is -0.348 e. The number of carbonyl (C=O) groups excluding carboxylic acids is 1. The molecule has 0 atom stereocenters. The first-order valence-electron chi connectivity index (χ1n) is 11.3. The highest BCUT2D eigenvalue weighted by Crippen LogP contribution is 2.16. The summed E-state index contributed by atoms with van der Waals surface area (Å²) in [5.74, 6) is -0.680. The molecule has 178 valence electrons. The highest BCUT2D eigenvalue weighted by molar-refractivity contribution is 7.89. The van der Waals surface area contributed by atoms with Crippen LogP contribution in [0, 0.1) is 5.82 Å². The van der Waals surface area contributed by atoms with Crippen LogP contribution in [-0.2, 0) is 29.7 Å². The third-order valence-electron chi connectivity index (χ3n) is 5.89. The predicted molar refractivity (Wildman–Crippen MR) is 129 cm³/mol. The number of rotatable bonds is 9. The Morgan fingerprint density at radius 3 is 1.97 bits per heavy atom. The van der Waals surface area contributed by atoms with Crippen LogP contribution in [0.25, 0.3) is 0 Å². The van der Waals surface area contributed by atoms with E-state index in [2.05, 4.69) is 14.9 Å². The van der Waals surface area contributed by atoms with E-state index < -0.39 is 15.8 Å². The lowest BCUT2D eigenvalue weighted by molar-refractivity contribution is 0.0951. The van der Waals surface area contributed by atoms with Crippen LogP contribution in [0.2, 0.25) is 0 Å². The Bertz CT molecular complexity index is 1210. The van der Waals surface area contributed by atoms with Crippen LogP contribution in [0.5, 0.6) is 0 Å². The van der Waals surface area contributed by atoms with Gasteiger partial charge in [0.15, 0.2) is 0 Å². The van der Waals surface area contributed by atoms with Crippen molar-refractivity contribution in [2.45, 2.75) is 37.4 Å². The summed E-state index contributed by atoms with van der Waals surface area (Å²) in [5, 5.41) is 2.78. The molecule has 6 nitrogen and oxygen atoms in total. The highest BCUT2D eigenvalue weighted by Gasteiger charge is 2.15. The average Bonchev–Trinajstić information content (AvgIpc) is 3.36. The van der Waals surface area contributed by atoms with Gasteiger partial charge in [0.1, 0.15) is 5.82 Å². The van der Waals surface area contributed by atoms with E-state index in [0.29, 0.717) is 12.1 Å². The van der Waals surface area contributed by atoms with Crippen LogP contribution in [0.3, 0.4) is 0 Å². The molecule has 0 aliphatic carbocycles. The van der Waals surface area contributed by atoms with Crippen molar-refractivity contribution < 1.29 is 17.6 Å². The van der Waals surface area contributed by atoms with Gasteiger partial charge in [0.05, 0.1) is 4.90 Å². The molecule has 8 heteroatoms. The fourth-order valence-corrected chi connectivity index (χ4v) is 4.91. The largest absolute Gasteiger partial charge is 0.348 e. The summed E-state index contributed by atoms with van der Waals surface area (Å²) in [6.45, 7) is 3.53. The maximum Gasteiger partial charge on any atom is 0.251 e. The second-order valence-corrected chi connectivity index (χ2v) is 10.2. The maximum atomic E-state index is 13.0. The van der Waals surface area contributed by atoms with E-state index in [9.17, 15) is 17.6 Å². The second-order valence-electron chi connectivity index (χ2n) is 8.46. The number of halogens is 1. The van der Waals surface area contributed by atoms with E-state index in [1.165, 1.54) is 37.1 Å². The lowest BCUT2D eigenvalue weighted by Crippen LogP contribution is -2.24. The van der Waals surface area contributed by atoms with Gasteiger partial charge >= 0.3 is 0 Å². The lowest BCUT2D eigenvalue weighted by Gasteiger charge is -2.14. The van der Waals surface area contributed by atoms with Crippen LogP contribution in [0.4, 0.5) is 4.39 Å². The molecule has 3 aromatic carbocycles. The Labute approximate surface area is 199 Å². The fraction of sp³-hybridized carbons (Fsp3) is 0.269. The van der Waals surface area contributed by atoms with Crippen molar-refractivity contribution in [2.24, 2.45) is 0 Å². The van der Waals surface area contributed by atoms with Crippen LogP contribution in [0.1, 0.15) is 39.9 Å². The topological polar surface area (TPSA) is 78.5 Å². The zero-order valence-corrected chi connectivity index (χ0v) is 19.7. The molecule has 4 rings (SSSR count). The summed E-state index contributed by atoms with van der Waals surface area (Å²) >= 11 is 0. The molecular formula is C26H28FN3O3S. The molecular weight excluding hydrogens is 453 g/mol. The van der Waals surface area contributed by atoms with Gasteiger partial charge in [-0.1, -0.05) is 36.4 Å². The molecule has 34 heavy (non-hydrogen) atoms. The molecule has 2 N–H and O–H groups in total. The summed E-state index contributed by atoms with van der Waals surface area (Å²) in [6, 6.07) is 19.7. The average molecular weight is 482 g/mol. The number of amides is 1. The van der Waals surface area contributed by atoms with Crippen molar-refractivity contribution >= 4 is 15.9 Å². The van der Waals surface area contributed by atoms with Gasteiger partial charge in [-0.3, -0.25) is 9.69 Å². The van der Waals surface area contributed by atoms with E-state index in [-0.39, 0.29) is 17.3 Å². The zero-order valence-electron chi connectivity index (χ0n) is 18.8. The summed E-state index contributed by atoms with van der Waals surface area (Å²) < 4.78 is 41.0. The summed E-state index contributed by atoms with van der Waals surface area (Å²) in [7, 11) is -3.62. The summed E-state index contributed by atoms with van der Waals surface area (Å²) in [5.41, 5.74) is 3.18. The van der Waals surface area contributed by atoms with Gasteiger partial charge in [-0.25, -0.2) is 17.5 Å². The number of carbonyl (C=O) groups is 1. The van der Waals surface area contributed by atoms with Crippen molar-refractivity contribution in [3.05, 3.63) is 101 Å². The normalized spacial score (nSPS) is 14.3. The lowest BCUT2D eigenvalue weighted by atomic mass is 10.1. The Kier molecular flexibility index (Phi) is 7.72. The predicted octanol–water partition coefficient (Wildman–Crippen LogP) is 3.83. The molecule has 1 aliphatic heterocycles. The molecule has 1 amide bonds. The van der Waals surface area contributed by atoms with Crippen molar-refractivity contribution in [1.82, 2.24) is 14.9 Å². The quantitative estimate of drug-likeness (QED) is 0.487. The monoisotopic (exact) mass is 481 g/mol. The van der Waals surface area contributed by atoms with E-state index in [1.807, 2.05) is 36.4 Å². The first-order valence-corrected chi connectivity index (χ1v) is 12.8. The van der Waals surface area contributed by atoms with Crippen molar-refractivity contribution in [3.63, 3.8) is 0 Å². The first-order chi connectivity index (χ1) is 16.4. The zero-order chi connectivity index (χ0) is 24.0. The highest BCUT2D eigenvalue weighted by atomic mass is 32.2. The van der Waals surface area contributed by atoms with Gasteiger partial charge in [-0.2, -0.15) is 0 Å². The Morgan fingerprint density at radius 2 is 1.35 bits per heavy atom. The van der Waals surface area contributed by atoms with Crippen LogP contribution < -0.4 is 10.0 Å². The molecule has 1 saturated heterocycles. The SMILES string of the molecule is O=C(NCc1ccc(CNS(=O)(=O)c2ccc(CN3CCCC3)cc2)cc1)c1ccc(F)cc1. The van der Waals surface area contributed by atoms with Gasteiger partial charge in [0.2, 0.25) is 10.0 Å². The van der Waals surface area contributed by atoms with Gasteiger partial charge in [-0.05, 0) is 79.0 Å².